The van der Waals surface area contributed by atoms with E-state index in [-0.39, 0.29) is 6.04 Å². The number of benzene rings is 1. The number of aryl methyl sites for hydroxylation is 1. The van der Waals surface area contributed by atoms with E-state index < -0.39 is 0 Å². The first-order valence-electron chi connectivity index (χ1n) is 5.81. The molecule has 96 valence electrons. The van der Waals surface area contributed by atoms with Gasteiger partial charge >= 0.3 is 0 Å². The van der Waals surface area contributed by atoms with Gasteiger partial charge in [-0.2, -0.15) is 0 Å². The maximum absolute atomic E-state index is 5.61. The first kappa shape index (κ1) is 13.5. The van der Waals surface area contributed by atoms with Crippen molar-refractivity contribution in [2.45, 2.75) is 24.3 Å². The molecule has 0 aliphatic carbocycles. The molecule has 18 heavy (non-hydrogen) atoms. The molecule has 2 aromatic rings. The first-order valence-corrected chi connectivity index (χ1v) is 7.68. The minimum absolute atomic E-state index is 0.273. The highest BCUT2D eigenvalue weighted by Crippen LogP contribution is 2.23. The highest BCUT2D eigenvalue weighted by atomic mass is 32.2. The molecule has 5 heteroatoms. The molecule has 0 fully saturated rings. The van der Waals surface area contributed by atoms with E-state index in [2.05, 4.69) is 41.6 Å². The van der Waals surface area contributed by atoms with Crippen LogP contribution in [-0.2, 0) is 6.42 Å². The minimum atomic E-state index is 0.273. The molecule has 0 saturated heterocycles. The predicted molar refractivity (Wildman–Crippen MR) is 78.8 cm³/mol. The lowest BCUT2D eigenvalue weighted by molar-refractivity contribution is 0.579. The fraction of sp³-hybridized carbons (Fsp3) is 0.308. The Morgan fingerprint density at radius 1 is 1.44 bits per heavy atom. The van der Waals surface area contributed by atoms with Crippen molar-refractivity contribution in [3.63, 3.8) is 0 Å². The van der Waals surface area contributed by atoms with Gasteiger partial charge in [-0.15, -0.1) is 23.1 Å². The lowest BCUT2D eigenvalue weighted by atomic mass is 10.2. The van der Waals surface area contributed by atoms with E-state index >= 15 is 0 Å². The van der Waals surface area contributed by atoms with Gasteiger partial charge in [-0.1, -0.05) is 18.2 Å². The summed E-state index contributed by atoms with van der Waals surface area (Å²) in [6.07, 6.45) is 2.84. The number of nitrogens with zero attached hydrogens (tertiary/aromatic N) is 1. The number of rotatable bonds is 6. The van der Waals surface area contributed by atoms with Crippen molar-refractivity contribution >= 4 is 23.1 Å². The van der Waals surface area contributed by atoms with Crippen LogP contribution in [0.15, 0.2) is 40.9 Å². The second kappa shape index (κ2) is 6.89. The Morgan fingerprint density at radius 3 is 2.94 bits per heavy atom. The van der Waals surface area contributed by atoms with E-state index in [1.54, 1.807) is 11.3 Å². The van der Waals surface area contributed by atoms with Crippen LogP contribution in [0, 0.1) is 6.92 Å². The number of thioether (sulfide) groups is 1. The van der Waals surface area contributed by atoms with Gasteiger partial charge in [0.05, 0.1) is 5.51 Å². The Hall–Kier alpha value is -0.880. The number of nitrogens with one attached hydrogen (secondary N) is 1. The van der Waals surface area contributed by atoms with E-state index in [1.807, 2.05) is 23.5 Å². The quantitative estimate of drug-likeness (QED) is 0.485. The molecule has 0 amide bonds. The molecule has 1 aromatic heterocycles. The van der Waals surface area contributed by atoms with Gasteiger partial charge < -0.3 is 0 Å². The van der Waals surface area contributed by atoms with Crippen molar-refractivity contribution in [1.29, 1.82) is 0 Å². The van der Waals surface area contributed by atoms with E-state index in [4.69, 9.17) is 5.84 Å². The average Bonchev–Trinajstić information content (AvgIpc) is 2.89. The standard InChI is InChI=1S/C13H17N3S2/c1-10-4-2-3-5-13(10)17-8-11(16-14)6-12-7-15-9-18-12/h2-5,7,9,11,16H,6,8,14H2,1H3. The summed E-state index contributed by atoms with van der Waals surface area (Å²) in [5.41, 5.74) is 6.06. The van der Waals surface area contributed by atoms with Crippen LogP contribution in [0.4, 0.5) is 0 Å². The Balaban J connectivity index is 1.89. The van der Waals surface area contributed by atoms with Crippen LogP contribution < -0.4 is 11.3 Å². The SMILES string of the molecule is Cc1ccccc1SCC(Cc1cncs1)NN. The Kier molecular flexibility index (Phi) is 5.19. The normalized spacial score (nSPS) is 12.6. The summed E-state index contributed by atoms with van der Waals surface area (Å²) in [6.45, 7) is 2.14. The van der Waals surface area contributed by atoms with E-state index in [0.29, 0.717) is 0 Å². The third kappa shape index (κ3) is 3.81. The van der Waals surface area contributed by atoms with Crippen molar-refractivity contribution in [2.75, 3.05) is 5.75 Å². The van der Waals surface area contributed by atoms with Gasteiger partial charge in [0.15, 0.2) is 0 Å². The van der Waals surface area contributed by atoms with Gasteiger partial charge in [0.1, 0.15) is 0 Å². The summed E-state index contributed by atoms with van der Waals surface area (Å²) in [6, 6.07) is 8.70. The topological polar surface area (TPSA) is 50.9 Å². The van der Waals surface area contributed by atoms with Crippen LogP contribution in [0.1, 0.15) is 10.4 Å². The molecular weight excluding hydrogens is 262 g/mol. The van der Waals surface area contributed by atoms with Crippen LogP contribution in [0.5, 0.6) is 0 Å². The monoisotopic (exact) mass is 279 g/mol. The molecule has 0 radical (unpaired) electrons. The summed E-state index contributed by atoms with van der Waals surface area (Å²) in [5, 5.41) is 0. The summed E-state index contributed by atoms with van der Waals surface area (Å²) < 4.78 is 0. The van der Waals surface area contributed by atoms with E-state index in [0.717, 1.165) is 12.2 Å². The zero-order valence-electron chi connectivity index (χ0n) is 10.3. The lowest BCUT2D eigenvalue weighted by Crippen LogP contribution is -2.38. The highest BCUT2D eigenvalue weighted by Gasteiger charge is 2.10. The summed E-state index contributed by atoms with van der Waals surface area (Å²) >= 11 is 3.52. The summed E-state index contributed by atoms with van der Waals surface area (Å²) in [5.74, 6) is 6.57. The van der Waals surface area contributed by atoms with E-state index in [1.165, 1.54) is 15.3 Å². The highest BCUT2D eigenvalue weighted by molar-refractivity contribution is 7.99. The van der Waals surface area contributed by atoms with Crippen molar-refractivity contribution in [1.82, 2.24) is 10.4 Å². The molecule has 0 spiro atoms. The fourth-order valence-electron chi connectivity index (χ4n) is 1.66. The zero-order chi connectivity index (χ0) is 12.8. The minimum Gasteiger partial charge on any atom is -0.271 e. The largest absolute Gasteiger partial charge is 0.271 e. The number of thiazole rings is 1. The van der Waals surface area contributed by atoms with Gasteiger partial charge in [-0.25, -0.2) is 0 Å². The molecule has 2 rings (SSSR count). The third-order valence-corrected chi connectivity index (χ3v) is 4.84. The Morgan fingerprint density at radius 2 is 2.28 bits per heavy atom. The molecule has 3 nitrogen and oxygen atoms in total. The van der Waals surface area contributed by atoms with Crippen LogP contribution in [0.2, 0.25) is 0 Å². The maximum atomic E-state index is 5.61. The van der Waals surface area contributed by atoms with Gasteiger partial charge in [-0.3, -0.25) is 16.3 Å². The van der Waals surface area contributed by atoms with E-state index in [9.17, 15) is 0 Å². The molecule has 0 aliphatic heterocycles. The Bertz CT molecular complexity index is 471. The smallest absolute Gasteiger partial charge is 0.0794 e. The van der Waals surface area contributed by atoms with Gasteiger partial charge in [0, 0.05) is 34.2 Å². The molecule has 1 atom stereocenters. The van der Waals surface area contributed by atoms with Gasteiger partial charge in [0.2, 0.25) is 0 Å². The van der Waals surface area contributed by atoms with Gasteiger partial charge in [0.25, 0.3) is 0 Å². The molecule has 3 N–H and O–H groups in total. The summed E-state index contributed by atoms with van der Waals surface area (Å²) in [7, 11) is 0. The van der Waals surface area contributed by atoms with Crippen molar-refractivity contribution in [3.05, 3.63) is 46.4 Å². The molecule has 1 unspecified atom stereocenters. The Labute approximate surface area is 116 Å². The lowest BCUT2D eigenvalue weighted by Gasteiger charge is -2.15. The van der Waals surface area contributed by atoms with Crippen LogP contribution in [0.25, 0.3) is 0 Å². The zero-order valence-corrected chi connectivity index (χ0v) is 11.9. The summed E-state index contributed by atoms with van der Waals surface area (Å²) in [4.78, 5) is 6.67. The second-order valence-corrected chi connectivity index (χ2v) is 6.14. The third-order valence-electron chi connectivity index (χ3n) is 2.70. The number of nitrogens with two attached hydrogens (primary N) is 1. The van der Waals surface area contributed by atoms with Crippen molar-refractivity contribution in [2.24, 2.45) is 5.84 Å². The predicted octanol–water partition coefficient (Wildman–Crippen LogP) is 2.62. The fourth-order valence-corrected chi connectivity index (χ4v) is 3.40. The average molecular weight is 279 g/mol. The number of hydrogen-bond acceptors (Lipinski definition) is 5. The van der Waals surface area contributed by atoms with Crippen molar-refractivity contribution < 1.29 is 0 Å². The first-order chi connectivity index (χ1) is 8.79. The van der Waals surface area contributed by atoms with Gasteiger partial charge in [-0.05, 0) is 18.6 Å². The molecule has 0 saturated carbocycles. The number of hydrazine groups is 1. The molecule has 0 bridgehead atoms. The molecule has 0 aliphatic rings. The molecule has 1 aromatic carbocycles. The second-order valence-electron chi connectivity index (χ2n) is 4.11. The van der Waals surface area contributed by atoms with Crippen molar-refractivity contribution in [3.8, 4) is 0 Å². The van der Waals surface area contributed by atoms with Crippen LogP contribution >= 0.6 is 23.1 Å². The van der Waals surface area contributed by atoms with Crippen LogP contribution in [0.3, 0.4) is 0 Å². The number of aromatic nitrogens is 1. The number of hydrogen-bond donors (Lipinski definition) is 2. The molecular formula is C13H17N3S2. The van der Waals surface area contributed by atoms with Crippen LogP contribution in [-0.4, -0.2) is 16.8 Å². The maximum Gasteiger partial charge on any atom is 0.0794 e. The molecule has 1 heterocycles.